The monoisotopic (exact) mass is 603 g/mol. The molecular weight excluding hydrogens is 566 g/mol. The maximum atomic E-state index is 13.7. The zero-order valence-corrected chi connectivity index (χ0v) is 25.4. The summed E-state index contributed by atoms with van der Waals surface area (Å²) >= 11 is 6.19. The van der Waals surface area contributed by atoms with Crippen molar-refractivity contribution in [2.24, 2.45) is 0 Å². The molecule has 2 N–H and O–H groups in total. The average Bonchev–Trinajstić information content (AvgIpc) is 2.93. The van der Waals surface area contributed by atoms with Crippen molar-refractivity contribution in [3.63, 3.8) is 0 Å². The van der Waals surface area contributed by atoms with Gasteiger partial charge < -0.3 is 20.3 Å². The Kier molecular flexibility index (Phi) is 8.91. The summed E-state index contributed by atoms with van der Waals surface area (Å²) in [5.41, 5.74) is 3.15. The third-order valence-electron chi connectivity index (χ3n) is 8.16. The number of hydrogen-bond donors (Lipinski definition) is 2. The molecule has 10 nitrogen and oxygen atoms in total. The smallest absolute Gasteiger partial charge is 0.244 e. The van der Waals surface area contributed by atoms with Crippen LogP contribution >= 0.6 is 11.6 Å². The Morgan fingerprint density at radius 2 is 1.85 bits per heavy atom. The fraction of sp³-hybridized carbons (Fsp3) is 0.517. The zero-order chi connectivity index (χ0) is 29.3. The van der Waals surface area contributed by atoms with Gasteiger partial charge in [-0.05, 0) is 55.8 Å². The quantitative estimate of drug-likeness (QED) is 0.499. The molecule has 1 unspecified atom stereocenters. The fourth-order valence-corrected chi connectivity index (χ4v) is 7.81. The van der Waals surface area contributed by atoms with Crippen molar-refractivity contribution >= 4 is 33.4 Å². The highest BCUT2D eigenvalue weighted by Gasteiger charge is 2.40. The number of aryl methyl sites for hydroxylation is 2. The molecule has 2 aromatic carbocycles. The van der Waals surface area contributed by atoms with E-state index in [1.807, 2.05) is 12.1 Å². The number of fused-ring (bicyclic) bond motifs is 1. The van der Waals surface area contributed by atoms with E-state index in [1.54, 1.807) is 19.9 Å². The Hall–Kier alpha value is -2.70. The number of rotatable bonds is 7. The summed E-state index contributed by atoms with van der Waals surface area (Å²) in [5.74, 6) is -0.128. The van der Waals surface area contributed by atoms with E-state index in [0.717, 1.165) is 53.9 Å². The van der Waals surface area contributed by atoms with Crippen LogP contribution in [0.1, 0.15) is 41.1 Å². The van der Waals surface area contributed by atoms with Crippen LogP contribution in [0.25, 0.3) is 0 Å². The maximum Gasteiger partial charge on any atom is 0.244 e. The lowest BCUT2D eigenvalue weighted by Crippen LogP contribution is -2.58. The molecule has 3 aliphatic heterocycles. The van der Waals surface area contributed by atoms with Crippen LogP contribution in [0.3, 0.4) is 0 Å². The number of benzene rings is 2. The first-order chi connectivity index (χ1) is 19.5. The lowest BCUT2D eigenvalue weighted by Gasteiger charge is -2.35. The molecule has 3 heterocycles. The second-order valence-corrected chi connectivity index (χ2v) is 13.5. The number of nitrogens with one attached hydrogen (secondary N) is 2. The van der Waals surface area contributed by atoms with Gasteiger partial charge in [0, 0.05) is 62.8 Å². The minimum atomic E-state index is -4.05. The van der Waals surface area contributed by atoms with Crippen LogP contribution in [0.2, 0.25) is 5.02 Å². The Balaban J connectivity index is 1.29. The van der Waals surface area contributed by atoms with E-state index in [4.69, 9.17) is 16.3 Å². The third kappa shape index (κ3) is 6.54. The summed E-state index contributed by atoms with van der Waals surface area (Å²) in [6.45, 7) is 9.08. The molecule has 2 fully saturated rings. The molecular formula is C29H38ClN5O5S. The van der Waals surface area contributed by atoms with E-state index >= 15 is 0 Å². The maximum absolute atomic E-state index is 13.7. The van der Waals surface area contributed by atoms with E-state index in [0.29, 0.717) is 29.2 Å². The predicted molar refractivity (Wildman–Crippen MR) is 156 cm³/mol. The van der Waals surface area contributed by atoms with Crippen molar-refractivity contribution in [1.82, 2.24) is 24.7 Å². The SMILES string of the molecule is Cc1cc(S(=O)(=O)N2CCNC(=O)C2CC(=O)N[C@@H]2CCOc3cc(CN4CCN(C)CC4)ccc32)c(C)cc1Cl. The Labute approximate surface area is 247 Å². The summed E-state index contributed by atoms with van der Waals surface area (Å²) in [4.78, 5) is 31.0. The highest BCUT2D eigenvalue weighted by molar-refractivity contribution is 7.89. The minimum Gasteiger partial charge on any atom is -0.493 e. The van der Waals surface area contributed by atoms with Gasteiger partial charge in [0.05, 0.1) is 24.0 Å². The summed E-state index contributed by atoms with van der Waals surface area (Å²) in [7, 11) is -1.92. The van der Waals surface area contributed by atoms with Gasteiger partial charge in [-0.3, -0.25) is 14.5 Å². The molecule has 0 aliphatic carbocycles. The van der Waals surface area contributed by atoms with Crippen LogP contribution in [0.4, 0.5) is 0 Å². The lowest BCUT2D eigenvalue weighted by molar-refractivity contribution is -0.132. The molecule has 5 rings (SSSR count). The van der Waals surface area contributed by atoms with Crippen LogP contribution in [0.5, 0.6) is 5.75 Å². The summed E-state index contributed by atoms with van der Waals surface area (Å²) in [6.07, 6.45) is 0.295. The number of likely N-dealkylation sites (N-methyl/N-ethyl adjacent to an activating group) is 1. The standard InChI is InChI=1S/C29H38ClN5O5S/c1-19-15-27(20(2)14-23(19)30)41(38,39)35-8-7-31-29(37)25(35)17-28(36)32-24-6-13-40-26-16-21(4-5-22(24)26)18-34-11-9-33(3)10-12-34/h4-5,14-16,24-25H,6-13,17-18H2,1-3H3,(H,31,37)(H,32,36)/t24-,25?/m1/s1. The molecule has 2 amide bonds. The molecule has 2 saturated heterocycles. The predicted octanol–water partition coefficient (Wildman–Crippen LogP) is 2.22. The average molecular weight is 604 g/mol. The Bertz CT molecular complexity index is 1430. The fourth-order valence-electron chi connectivity index (χ4n) is 5.71. The van der Waals surface area contributed by atoms with Crippen LogP contribution in [-0.2, 0) is 26.2 Å². The zero-order valence-electron chi connectivity index (χ0n) is 23.8. The molecule has 0 spiro atoms. The Morgan fingerprint density at radius 3 is 2.61 bits per heavy atom. The molecule has 3 aliphatic rings. The van der Waals surface area contributed by atoms with Gasteiger partial charge in [0.2, 0.25) is 21.8 Å². The summed E-state index contributed by atoms with van der Waals surface area (Å²) < 4.78 is 34.5. The van der Waals surface area contributed by atoms with E-state index in [9.17, 15) is 18.0 Å². The molecule has 0 radical (unpaired) electrons. The van der Waals surface area contributed by atoms with Crippen LogP contribution in [0.15, 0.2) is 35.2 Å². The van der Waals surface area contributed by atoms with Crippen LogP contribution in [0, 0.1) is 13.8 Å². The number of piperazine rings is 2. The van der Waals surface area contributed by atoms with Crippen molar-refractivity contribution in [2.75, 3.05) is 52.9 Å². The van der Waals surface area contributed by atoms with Crippen LogP contribution < -0.4 is 15.4 Å². The van der Waals surface area contributed by atoms with Gasteiger partial charge in [-0.15, -0.1) is 0 Å². The number of ether oxygens (including phenoxy) is 1. The Morgan fingerprint density at radius 1 is 1.10 bits per heavy atom. The molecule has 2 atom stereocenters. The van der Waals surface area contributed by atoms with E-state index in [2.05, 4.69) is 33.5 Å². The molecule has 12 heteroatoms. The highest BCUT2D eigenvalue weighted by Crippen LogP contribution is 2.34. The number of carbonyl (C=O) groups is 2. The lowest BCUT2D eigenvalue weighted by atomic mass is 9.98. The molecule has 41 heavy (non-hydrogen) atoms. The number of hydrogen-bond acceptors (Lipinski definition) is 7. The molecule has 0 bridgehead atoms. The van der Waals surface area contributed by atoms with Crippen molar-refractivity contribution in [3.8, 4) is 5.75 Å². The highest BCUT2D eigenvalue weighted by atomic mass is 35.5. The van der Waals surface area contributed by atoms with E-state index in [-0.39, 0.29) is 30.4 Å². The largest absolute Gasteiger partial charge is 0.493 e. The summed E-state index contributed by atoms with van der Waals surface area (Å²) in [6, 6.07) is 7.80. The molecule has 222 valence electrons. The van der Waals surface area contributed by atoms with Gasteiger partial charge in [-0.1, -0.05) is 23.7 Å². The first-order valence-electron chi connectivity index (χ1n) is 14.0. The van der Waals surface area contributed by atoms with Gasteiger partial charge in [-0.2, -0.15) is 4.31 Å². The topological polar surface area (TPSA) is 111 Å². The number of sulfonamides is 1. The molecule has 0 aromatic heterocycles. The van der Waals surface area contributed by atoms with Crippen LogP contribution in [-0.4, -0.2) is 93.3 Å². The van der Waals surface area contributed by atoms with E-state index in [1.165, 1.54) is 6.07 Å². The normalized spacial score (nSPS) is 22.5. The van der Waals surface area contributed by atoms with Crippen molar-refractivity contribution in [3.05, 3.63) is 57.6 Å². The second-order valence-electron chi connectivity index (χ2n) is 11.2. The van der Waals surface area contributed by atoms with Gasteiger partial charge >= 0.3 is 0 Å². The number of nitrogens with zero attached hydrogens (tertiary/aromatic N) is 3. The van der Waals surface area contributed by atoms with E-state index < -0.39 is 27.9 Å². The second kappa shape index (κ2) is 12.3. The van der Waals surface area contributed by atoms with Gasteiger partial charge in [0.1, 0.15) is 11.8 Å². The van der Waals surface area contributed by atoms with Gasteiger partial charge in [0.25, 0.3) is 0 Å². The third-order valence-corrected chi connectivity index (χ3v) is 10.6. The van der Waals surface area contributed by atoms with Crippen molar-refractivity contribution < 1.29 is 22.7 Å². The molecule has 2 aromatic rings. The number of halogens is 1. The molecule has 0 saturated carbocycles. The summed E-state index contributed by atoms with van der Waals surface area (Å²) in [5, 5.41) is 6.22. The first kappa shape index (κ1) is 29.8. The number of amides is 2. The van der Waals surface area contributed by atoms with Gasteiger partial charge in [-0.25, -0.2) is 8.42 Å². The van der Waals surface area contributed by atoms with Gasteiger partial charge in [0.15, 0.2) is 0 Å². The first-order valence-corrected chi connectivity index (χ1v) is 15.9. The van der Waals surface area contributed by atoms with Crippen molar-refractivity contribution in [1.29, 1.82) is 0 Å². The minimum absolute atomic E-state index is 0.0727. The van der Waals surface area contributed by atoms with Crippen molar-refractivity contribution in [2.45, 2.75) is 50.2 Å². The number of carbonyl (C=O) groups excluding carboxylic acids is 2.